The number of carbonyl (C=O) groups excluding carboxylic acids is 2. The van der Waals surface area contributed by atoms with E-state index >= 15 is 0 Å². The smallest absolute Gasteiger partial charge is 0.160 e. The van der Waals surface area contributed by atoms with Gasteiger partial charge in [-0.1, -0.05) is 24.3 Å². The highest BCUT2D eigenvalue weighted by atomic mass is 16.1. The zero-order chi connectivity index (χ0) is 10.6. The van der Waals surface area contributed by atoms with E-state index in [0.29, 0.717) is 11.9 Å². The molecule has 0 unspecified atom stereocenters. The maximum absolute atomic E-state index is 11.3. The molecule has 0 amide bonds. The van der Waals surface area contributed by atoms with E-state index in [2.05, 4.69) is 0 Å². The molecule has 0 spiro atoms. The number of carbonyl (C=O) groups is 2. The molecule has 0 radical (unpaired) electrons. The fraction of sp³-hybridized carbons (Fsp3) is 0.167. The Hall–Kier alpha value is -1.70. The highest BCUT2D eigenvalue weighted by Crippen LogP contribution is 2.18. The molecule has 0 bridgehead atoms. The molecule has 14 heavy (non-hydrogen) atoms. The molecule has 2 heteroatoms. The van der Waals surface area contributed by atoms with Crippen LogP contribution >= 0.6 is 0 Å². The van der Waals surface area contributed by atoms with E-state index in [4.69, 9.17) is 0 Å². The van der Waals surface area contributed by atoms with Crippen LogP contribution in [0.5, 0.6) is 0 Å². The van der Waals surface area contributed by atoms with Gasteiger partial charge in [0.05, 0.1) is 0 Å². The maximum atomic E-state index is 11.3. The molecule has 0 N–H and O–H groups in total. The van der Waals surface area contributed by atoms with Crippen LogP contribution in [0.4, 0.5) is 0 Å². The summed E-state index contributed by atoms with van der Waals surface area (Å²) in [5.41, 5.74) is 2.29. The van der Waals surface area contributed by atoms with Crippen molar-refractivity contribution in [3.8, 4) is 0 Å². The summed E-state index contributed by atoms with van der Waals surface area (Å²) < 4.78 is 0. The molecule has 0 aliphatic rings. The van der Waals surface area contributed by atoms with Crippen molar-refractivity contribution < 1.29 is 9.59 Å². The lowest BCUT2D eigenvalue weighted by Crippen LogP contribution is -1.98. The Balaban J connectivity index is 3.26. The van der Waals surface area contributed by atoms with Crippen molar-refractivity contribution in [3.63, 3.8) is 0 Å². The summed E-state index contributed by atoms with van der Waals surface area (Å²) in [5, 5.41) is 0. The van der Waals surface area contributed by atoms with Crippen LogP contribution < -0.4 is 0 Å². The van der Waals surface area contributed by atoms with Crippen molar-refractivity contribution in [1.29, 1.82) is 0 Å². The molecule has 0 heterocycles. The molecule has 0 atom stereocenters. The predicted octanol–water partition coefficient (Wildman–Crippen LogP) is 2.17. The summed E-state index contributed by atoms with van der Waals surface area (Å²) in [6.07, 6.45) is 1.95. The monoisotopic (exact) mass is 188 g/mol. The van der Waals surface area contributed by atoms with Crippen molar-refractivity contribution in [2.75, 3.05) is 0 Å². The highest BCUT2D eigenvalue weighted by molar-refractivity contribution is 6.22. The number of Topliss-reactive ketones (excluding diaryl/α,β-unsaturated/α-hetero) is 1. The van der Waals surface area contributed by atoms with Crippen LogP contribution in [0.25, 0.3) is 5.57 Å². The average molecular weight is 188 g/mol. The zero-order valence-electron chi connectivity index (χ0n) is 8.28. The van der Waals surface area contributed by atoms with Crippen LogP contribution in [0.1, 0.15) is 18.1 Å². The Morgan fingerprint density at radius 1 is 1.29 bits per heavy atom. The maximum Gasteiger partial charge on any atom is 0.160 e. The summed E-state index contributed by atoms with van der Waals surface area (Å²) in [6, 6.07) is 7.50. The van der Waals surface area contributed by atoms with Gasteiger partial charge in [-0.3, -0.25) is 9.59 Å². The van der Waals surface area contributed by atoms with E-state index < -0.39 is 0 Å². The first-order valence-electron chi connectivity index (χ1n) is 4.39. The minimum absolute atomic E-state index is 0.0913. The number of aldehydes is 1. The molecule has 0 aliphatic carbocycles. The second-order valence-electron chi connectivity index (χ2n) is 3.09. The zero-order valence-corrected chi connectivity index (χ0v) is 8.28. The molecule has 0 saturated carbocycles. The van der Waals surface area contributed by atoms with E-state index in [9.17, 15) is 9.59 Å². The van der Waals surface area contributed by atoms with Gasteiger partial charge in [0.2, 0.25) is 0 Å². The lowest BCUT2D eigenvalue weighted by atomic mass is 9.98. The number of benzene rings is 1. The summed E-state index contributed by atoms with van der Waals surface area (Å²) in [5.74, 6) is -0.0913. The summed E-state index contributed by atoms with van der Waals surface area (Å²) in [6.45, 7) is 3.37. The van der Waals surface area contributed by atoms with Crippen molar-refractivity contribution >= 4 is 17.6 Å². The first-order chi connectivity index (χ1) is 6.66. The SMILES string of the molecule is CC(=O)C(=CC=O)c1ccccc1C. The molecule has 1 aromatic rings. The van der Waals surface area contributed by atoms with Gasteiger partial charge in [0.15, 0.2) is 5.78 Å². The first kappa shape index (κ1) is 10.4. The number of allylic oxidation sites excluding steroid dienone is 2. The third kappa shape index (κ3) is 2.16. The van der Waals surface area contributed by atoms with Crippen LogP contribution in [0.2, 0.25) is 0 Å². The number of hydrogen-bond donors (Lipinski definition) is 0. The highest BCUT2D eigenvalue weighted by Gasteiger charge is 2.08. The van der Waals surface area contributed by atoms with Crippen LogP contribution in [-0.4, -0.2) is 12.1 Å². The molecule has 0 aromatic heterocycles. The topological polar surface area (TPSA) is 34.1 Å². The van der Waals surface area contributed by atoms with E-state index in [1.54, 1.807) is 0 Å². The number of ketones is 1. The molecular formula is C12H12O2. The van der Waals surface area contributed by atoms with E-state index in [1.807, 2.05) is 31.2 Å². The van der Waals surface area contributed by atoms with E-state index in [-0.39, 0.29) is 5.78 Å². The molecule has 72 valence electrons. The standard InChI is InChI=1S/C12H12O2/c1-9-5-3-4-6-11(9)12(7-8-13)10(2)14/h3-8H,1-2H3. The number of aryl methyl sites for hydroxylation is 1. The lowest BCUT2D eigenvalue weighted by molar-refractivity contribution is -0.112. The Morgan fingerprint density at radius 3 is 2.43 bits per heavy atom. The van der Waals surface area contributed by atoms with Crippen LogP contribution in [0, 0.1) is 6.92 Å². The van der Waals surface area contributed by atoms with E-state index in [1.165, 1.54) is 13.0 Å². The molecule has 2 nitrogen and oxygen atoms in total. The minimum Gasteiger partial charge on any atom is -0.299 e. The second kappa shape index (κ2) is 4.51. The van der Waals surface area contributed by atoms with Gasteiger partial charge in [-0.25, -0.2) is 0 Å². The minimum atomic E-state index is -0.0913. The Morgan fingerprint density at radius 2 is 1.93 bits per heavy atom. The first-order valence-corrected chi connectivity index (χ1v) is 4.39. The molecule has 0 aliphatic heterocycles. The molecule has 0 saturated heterocycles. The lowest BCUT2D eigenvalue weighted by Gasteiger charge is -2.05. The molecular weight excluding hydrogens is 176 g/mol. The quantitative estimate of drug-likeness (QED) is 0.538. The fourth-order valence-electron chi connectivity index (χ4n) is 1.34. The van der Waals surface area contributed by atoms with Gasteiger partial charge in [-0.05, 0) is 31.1 Å². The summed E-state index contributed by atoms with van der Waals surface area (Å²) in [4.78, 5) is 21.6. The van der Waals surface area contributed by atoms with E-state index in [0.717, 1.165) is 11.1 Å². The van der Waals surface area contributed by atoms with Gasteiger partial charge in [-0.15, -0.1) is 0 Å². The summed E-state index contributed by atoms with van der Waals surface area (Å²) >= 11 is 0. The van der Waals surface area contributed by atoms with Crippen molar-refractivity contribution in [3.05, 3.63) is 41.5 Å². The fourth-order valence-corrected chi connectivity index (χ4v) is 1.34. The number of rotatable bonds is 3. The Bertz CT molecular complexity index is 389. The molecule has 1 aromatic carbocycles. The van der Waals surface area contributed by atoms with Gasteiger partial charge in [0, 0.05) is 5.57 Å². The summed E-state index contributed by atoms with van der Waals surface area (Å²) in [7, 11) is 0. The molecule has 0 fully saturated rings. The Labute approximate surface area is 83.3 Å². The van der Waals surface area contributed by atoms with Gasteiger partial charge in [-0.2, -0.15) is 0 Å². The van der Waals surface area contributed by atoms with Crippen LogP contribution in [0.15, 0.2) is 30.3 Å². The third-order valence-corrected chi connectivity index (χ3v) is 2.05. The van der Waals surface area contributed by atoms with Crippen molar-refractivity contribution in [1.82, 2.24) is 0 Å². The normalized spacial score (nSPS) is 11.1. The largest absolute Gasteiger partial charge is 0.299 e. The molecule has 1 rings (SSSR count). The van der Waals surface area contributed by atoms with Gasteiger partial charge in [0.25, 0.3) is 0 Å². The van der Waals surface area contributed by atoms with Crippen LogP contribution in [0.3, 0.4) is 0 Å². The second-order valence-corrected chi connectivity index (χ2v) is 3.09. The average Bonchev–Trinajstić information content (AvgIpc) is 2.15. The van der Waals surface area contributed by atoms with Gasteiger partial charge in [0.1, 0.15) is 6.29 Å². The van der Waals surface area contributed by atoms with Crippen molar-refractivity contribution in [2.24, 2.45) is 0 Å². The third-order valence-electron chi connectivity index (χ3n) is 2.05. The van der Waals surface area contributed by atoms with Crippen LogP contribution in [-0.2, 0) is 9.59 Å². The number of hydrogen-bond acceptors (Lipinski definition) is 2. The predicted molar refractivity (Wildman–Crippen MR) is 55.9 cm³/mol. The van der Waals surface area contributed by atoms with Gasteiger partial charge < -0.3 is 0 Å². The Kier molecular flexibility index (Phi) is 3.35. The van der Waals surface area contributed by atoms with Gasteiger partial charge >= 0.3 is 0 Å². The van der Waals surface area contributed by atoms with Crippen molar-refractivity contribution in [2.45, 2.75) is 13.8 Å².